The molecule has 3 aromatic carbocycles. The number of carbonyl (C=O) groups excluding carboxylic acids is 3. The Morgan fingerprint density at radius 2 is 1.16 bits per heavy atom. The van der Waals surface area contributed by atoms with Crippen LogP contribution in [0.25, 0.3) is 0 Å². The first kappa shape index (κ1) is 41.1. The Bertz CT molecular complexity index is 1470. The molecule has 0 aliphatic rings. The van der Waals surface area contributed by atoms with E-state index >= 15 is 0 Å². The maximum atomic E-state index is 13.3. The van der Waals surface area contributed by atoms with E-state index in [2.05, 4.69) is 5.18 Å². The number of halogens is 2. The molecule has 0 radical (unpaired) electrons. The summed E-state index contributed by atoms with van der Waals surface area (Å²) in [5, 5.41) is 3.24. The summed E-state index contributed by atoms with van der Waals surface area (Å²) < 4.78 is 26.7. The van der Waals surface area contributed by atoms with Gasteiger partial charge in [-0.25, -0.2) is 8.78 Å². The van der Waals surface area contributed by atoms with Crippen molar-refractivity contribution < 1.29 is 23.2 Å². The summed E-state index contributed by atoms with van der Waals surface area (Å²) in [5.41, 5.74) is 4.25. The molecular weight excluding hydrogens is 622 g/mol. The number of ketones is 1. The molecule has 0 N–H and O–H groups in total. The number of benzene rings is 3. The predicted octanol–water partition coefficient (Wildman–Crippen LogP) is 11.1. The number of hydrogen-bond acceptors (Lipinski definition) is 5. The number of rotatable bonds is 13. The van der Waals surface area contributed by atoms with Crippen LogP contribution >= 0.6 is 0 Å². The van der Waals surface area contributed by atoms with Gasteiger partial charge in [-0.05, 0) is 107 Å². The lowest BCUT2D eigenvalue weighted by molar-refractivity contribution is -0.145. The van der Waals surface area contributed by atoms with Crippen LogP contribution in [0.1, 0.15) is 146 Å². The van der Waals surface area contributed by atoms with Gasteiger partial charge in [0.1, 0.15) is 17.3 Å². The van der Waals surface area contributed by atoms with Gasteiger partial charge in [0.15, 0.2) is 5.78 Å². The summed E-state index contributed by atoms with van der Waals surface area (Å²) in [6, 6.07) is 16.3. The quantitative estimate of drug-likeness (QED) is 0.102. The maximum Gasteiger partial charge on any atom is 0.229 e. The van der Waals surface area contributed by atoms with Crippen LogP contribution in [0, 0.1) is 16.5 Å². The Labute approximate surface area is 291 Å². The van der Waals surface area contributed by atoms with Crippen LogP contribution in [0.3, 0.4) is 0 Å². The van der Waals surface area contributed by atoms with E-state index in [1.807, 2.05) is 55.4 Å². The summed E-state index contributed by atoms with van der Waals surface area (Å²) in [6.45, 7) is 18.0. The second kappa shape index (κ2) is 18.6. The van der Waals surface area contributed by atoms with E-state index in [0.717, 1.165) is 47.9 Å². The van der Waals surface area contributed by atoms with E-state index in [1.54, 1.807) is 43.3 Å². The van der Waals surface area contributed by atoms with Crippen molar-refractivity contribution in [1.82, 2.24) is 4.90 Å². The molecule has 0 aliphatic carbocycles. The van der Waals surface area contributed by atoms with Gasteiger partial charge in [0.2, 0.25) is 11.8 Å². The largest absolute Gasteiger partial charge is 0.295 e. The molecular formula is C41H54F2N2O4. The van der Waals surface area contributed by atoms with Crippen molar-refractivity contribution >= 4 is 23.3 Å². The normalized spacial score (nSPS) is 11.5. The third-order valence-corrected chi connectivity index (χ3v) is 8.42. The van der Waals surface area contributed by atoms with E-state index in [0.29, 0.717) is 37.1 Å². The van der Waals surface area contributed by atoms with E-state index < -0.39 is 0 Å². The zero-order chi connectivity index (χ0) is 36.9. The molecule has 0 atom stereocenters. The van der Waals surface area contributed by atoms with E-state index in [1.165, 1.54) is 29.2 Å². The van der Waals surface area contributed by atoms with Crippen molar-refractivity contribution in [2.24, 2.45) is 5.18 Å². The smallest absolute Gasteiger partial charge is 0.229 e. The van der Waals surface area contributed by atoms with Crippen LogP contribution in [-0.4, -0.2) is 29.0 Å². The highest BCUT2D eigenvalue weighted by Crippen LogP contribution is 2.40. The highest BCUT2D eigenvalue weighted by atomic mass is 19.1. The van der Waals surface area contributed by atoms with Crippen LogP contribution in [0.2, 0.25) is 0 Å². The number of Topliss-reactive ketones (excluding diaryl/α,β-unsaturated/α-hetero) is 1. The van der Waals surface area contributed by atoms with Gasteiger partial charge in [-0.15, -0.1) is 4.91 Å². The molecule has 0 bridgehead atoms. The average Bonchev–Trinajstić information content (AvgIpc) is 3.03. The predicted molar refractivity (Wildman–Crippen MR) is 194 cm³/mol. The SMILES string of the molecule is CC(=O)c1cc(C(C)(C)C)c(N=O)c(C(C)(C)C)c1.CCCC(=O)N(CCC)C(=O)CCCCC(c1ccc(F)cc1)c1ccc(F)cc1. The van der Waals surface area contributed by atoms with Gasteiger partial charge in [-0.2, -0.15) is 0 Å². The summed E-state index contributed by atoms with van der Waals surface area (Å²) >= 11 is 0. The Hall–Kier alpha value is -4.07. The summed E-state index contributed by atoms with van der Waals surface area (Å²) in [6.07, 6.45) is 4.38. The summed E-state index contributed by atoms with van der Waals surface area (Å²) in [5.74, 6) is -0.802. The molecule has 0 spiro atoms. The fourth-order valence-corrected chi connectivity index (χ4v) is 5.72. The fourth-order valence-electron chi connectivity index (χ4n) is 5.72. The molecule has 49 heavy (non-hydrogen) atoms. The van der Waals surface area contributed by atoms with Crippen molar-refractivity contribution in [2.75, 3.05) is 6.54 Å². The summed E-state index contributed by atoms with van der Waals surface area (Å²) in [4.78, 5) is 49.1. The van der Waals surface area contributed by atoms with Crippen molar-refractivity contribution in [1.29, 1.82) is 0 Å². The highest BCUT2D eigenvalue weighted by Gasteiger charge is 2.28. The van der Waals surface area contributed by atoms with Crippen molar-refractivity contribution in [2.45, 2.75) is 124 Å². The number of imide groups is 1. The molecule has 0 saturated carbocycles. The number of nitroso groups, excluding NO2 is 1. The lowest BCUT2D eigenvalue weighted by Gasteiger charge is -2.27. The van der Waals surface area contributed by atoms with Crippen molar-refractivity contribution in [3.8, 4) is 0 Å². The molecule has 2 amide bonds. The molecule has 3 aromatic rings. The number of amides is 2. The molecule has 266 valence electrons. The molecule has 8 heteroatoms. The molecule has 3 rings (SSSR count). The molecule has 0 aromatic heterocycles. The molecule has 0 saturated heterocycles. The van der Waals surface area contributed by atoms with Crippen molar-refractivity contribution in [3.05, 3.63) is 105 Å². The molecule has 0 aliphatic heterocycles. The number of carbonyl (C=O) groups is 3. The minimum absolute atomic E-state index is 0.00484. The second-order valence-electron chi connectivity index (χ2n) is 14.7. The van der Waals surface area contributed by atoms with Gasteiger partial charge in [-0.3, -0.25) is 19.3 Å². The lowest BCUT2D eigenvalue weighted by Crippen LogP contribution is -2.37. The van der Waals surface area contributed by atoms with Gasteiger partial charge in [0, 0.05) is 30.9 Å². The Morgan fingerprint density at radius 1 is 0.714 bits per heavy atom. The lowest BCUT2D eigenvalue weighted by atomic mass is 9.77. The Balaban J connectivity index is 0.000000377. The zero-order valence-corrected chi connectivity index (χ0v) is 30.8. The van der Waals surface area contributed by atoms with Gasteiger partial charge < -0.3 is 0 Å². The van der Waals surface area contributed by atoms with Crippen LogP contribution in [0.5, 0.6) is 0 Å². The van der Waals surface area contributed by atoms with E-state index in [4.69, 9.17) is 0 Å². The van der Waals surface area contributed by atoms with E-state index in [9.17, 15) is 28.1 Å². The second-order valence-corrected chi connectivity index (χ2v) is 14.7. The first-order valence-electron chi connectivity index (χ1n) is 17.3. The third kappa shape index (κ3) is 12.4. The average molecular weight is 677 g/mol. The van der Waals surface area contributed by atoms with Crippen LogP contribution in [0.15, 0.2) is 65.8 Å². The number of nitrogens with zero attached hydrogens (tertiary/aromatic N) is 2. The Kier molecular flexibility index (Phi) is 15.6. The fraction of sp³-hybridized carbons (Fsp3) is 0.488. The van der Waals surface area contributed by atoms with Gasteiger partial charge in [0.25, 0.3) is 0 Å². The standard InChI is InChI=1S/C25H31F2NO2.C16H23NO2/c1-3-7-24(29)28(18-4-2)25(30)9-6-5-8-23(19-10-14-21(26)15-11-19)20-12-16-22(27)17-13-20;1-10(18)11-8-12(15(2,3)4)14(17-19)13(9-11)16(5,6)7/h10-17,23H,3-9,18H2,1-2H3;8-9H,1-7H3. The number of unbranched alkanes of at least 4 members (excludes halogenated alkanes) is 1. The van der Waals surface area contributed by atoms with Crippen LogP contribution in [-0.2, 0) is 20.4 Å². The van der Waals surface area contributed by atoms with Crippen LogP contribution in [0.4, 0.5) is 14.5 Å². The van der Waals surface area contributed by atoms with Crippen molar-refractivity contribution in [3.63, 3.8) is 0 Å². The third-order valence-electron chi connectivity index (χ3n) is 8.42. The zero-order valence-electron chi connectivity index (χ0n) is 30.8. The molecule has 0 heterocycles. The van der Waals surface area contributed by atoms with Gasteiger partial charge >= 0.3 is 0 Å². The maximum absolute atomic E-state index is 13.3. The summed E-state index contributed by atoms with van der Waals surface area (Å²) in [7, 11) is 0. The van der Waals surface area contributed by atoms with Crippen LogP contribution < -0.4 is 0 Å². The van der Waals surface area contributed by atoms with Gasteiger partial charge in [-0.1, -0.05) is 86.1 Å². The topological polar surface area (TPSA) is 83.9 Å². The molecule has 0 fully saturated rings. The van der Waals surface area contributed by atoms with Gasteiger partial charge in [0.05, 0.1) is 0 Å². The first-order chi connectivity index (χ1) is 22.9. The minimum atomic E-state index is -0.296. The Morgan fingerprint density at radius 3 is 1.53 bits per heavy atom. The molecule has 6 nitrogen and oxygen atoms in total. The minimum Gasteiger partial charge on any atom is -0.295 e. The highest BCUT2D eigenvalue weighted by molar-refractivity contribution is 5.96. The first-order valence-corrected chi connectivity index (χ1v) is 17.3. The number of hydrogen-bond donors (Lipinski definition) is 0. The van der Waals surface area contributed by atoms with E-state index in [-0.39, 0.29) is 46.0 Å². The monoisotopic (exact) mass is 676 g/mol. The molecule has 0 unspecified atom stereocenters.